The Morgan fingerprint density at radius 1 is 0.379 bits per heavy atom. The van der Waals surface area contributed by atoms with Gasteiger partial charge in [-0.1, -0.05) is 267 Å². The minimum atomic E-state index is -1.91. The Bertz CT molecular complexity index is 1790. The van der Waals surface area contributed by atoms with E-state index in [2.05, 4.69) is 93.7 Å². The van der Waals surface area contributed by atoms with Crippen molar-refractivity contribution in [2.24, 2.45) is 0 Å². The molecule has 0 radical (unpaired) electrons. The van der Waals surface area contributed by atoms with Gasteiger partial charge < -0.3 is 39.0 Å². The first-order valence-corrected chi connectivity index (χ1v) is 35.9. The molecule has 0 aromatic heterocycles. The molecule has 0 spiro atoms. The molecule has 1 aliphatic rings. The molecule has 12 nitrogen and oxygen atoms in total. The highest BCUT2D eigenvalue weighted by Gasteiger charge is 2.50. The number of rotatable bonds is 62. The Kier molecular flexibility index (Phi) is 58.2. The van der Waals surface area contributed by atoms with Crippen molar-refractivity contribution < 1.29 is 58.2 Å². The summed E-state index contributed by atoms with van der Waals surface area (Å²) in [5, 5.41) is 31.7. The molecule has 1 aliphatic heterocycles. The number of allylic oxidation sites excluding steroid dienone is 12. The maximum Gasteiger partial charge on any atom is 0.335 e. The molecule has 0 amide bonds. The van der Waals surface area contributed by atoms with E-state index in [9.17, 15) is 34.5 Å². The fourth-order valence-electron chi connectivity index (χ4n) is 10.7. The molecule has 0 saturated carbocycles. The largest absolute Gasteiger partial charge is 0.479 e. The van der Waals surface area contributed by atoms with Gasteiger partial charge in [-0.15, -0.1) is 0 Å². The molecule has 502 valence electrons. The van der Waals surface area contributed by atoms with Crippen molar-refractivity contribution in [2.75, 3.05) is 13.2 Å². The number of carbonyl (C=O) groups is 4. The Morgan fingerprint density at radius 2 is 0.690 bits per heavy atom. The molecule has 3 N–H and O–H groups in total. The number of aliphatic hydroxyl groups is 2. The van der Waals surface area contributed by atoms with Crippen LogP contribution in [0.2, 0.25) is 0 Å². The number of esters is 3. The van der Waals surface area contributed by atoms with E-state index in [0.29, 0.717) is 19.3 Å². The molecular formula is C75H130O12. The number of ether oxygens (including phenoxy) is 5. The van der Waals surface area contributed by atoms with E-state index in [0.717, 1.165) is 116 Å². The lowest BCUT2D eigenvalue weighted by Crippen LogP contribution is -2.61. The van der Waals surface area contributed by atoms with Gasteiger partial charge in [0.1, 0.15) is 18.8 Å². The highest BCUT2D eigenvalue weighted by atomic mass is 16.7. The van der Waals surface area contributed by atoms with Crippen molar-refractivity contribution in [1.29, 1.82) is 0 Å². The number of aliphatic hydroxyl groups excluding tert-OH is 2. The van der Waals surface area contributed by atoms with Gasteiger partial charge in [0.25, 0.3) is 0 Å². The van der Waals surface area contributed by atoms with Crippen LogP contribution >= 0.6 is 0 Å². The lowest BCUT2D eigenvalue weighted by molar-refractivity contribution is -0.301. The topological polar surface area (TPSA) is 175 Å². The van der Waals surface area contributed by atoms with Gasteiger partial charge in [0.05, 0.1) is 6.61 Å². The number of carboxylic acids is 1. The Labute approximate surface area is 531 Å². The zero-order valence-electron chi connectivity index (χ0n) is 55.8. The Hall–Kier alpha value is -3.84. The number of carbonyl (C=O) groups excluding carboxylic acids is 3. The highest BCUT2D eigenvalue weighted by Crippen LogP contribution is 2.27. The summed E-state index contributed by atoms with van der Waals surface area (Å²) in [6.07, 6.45) is 68.4. The van der Waals surface area contributed by atoms with Crippen molar-refractivity contribution >= 4 is 23.9 Å². The van der Waals surface area contributed by atoms with Gasteiger partial charge >= 0.3 is 23.9 Å². The molecule has 87 heavy (non-hydrogen) atoms. The highest BCUT2D eigenvalue weighted by molar-refractivity contribution is 5.74. The van der Waals surface area contributed by atoms with Crippen LogP contribution in [0.15, 0.2) is 72.9 Å². The van der Waals surface area contributed by atoms with Crippen LogP contribution in [0.1, 0.15) is 329 Å². The molecule has 1 rings (SSSR count). The van der Waals surface area contributed by atoms with E-state index in [1.54, 1.807) is 0 Å². The van der Waals surface area contributed by atoms with E-state index in [1.165, 1.54) is 154 Å². The van der Waals surface area contributed by atoms with Crippen molar-refractivity contribution in [3.63, 3.8) is 0 Å². The first kappa shape index (κ1) is 81.2. The van der Waals surface area contributed by atoms with Crippen LogP contribution in [0, 0.1) is 0 Å². The van der Waals surface area contributed by atoms with E-state index in [4.69, 9.17) is 23.7 Å². The van der Waals surface area contributed by atoms with Crippen LogP contribution in [0.4, 0.5) is 0 Å². The van der Waals surface area contributed by atoms with Crippen molar-refractivity contribution in [1.82, 2.24) is 0 Å². The molecule has 0 bridgehead atoms. The number of hydrogen-bond donors (Lipinski definition) is 3. The second-order valence-corrected chi connectivity index (χ2v) is 24.5. The van der Waals surface area contributed by atoms with E-state index in [-0.39, 0.29) is 25.9 Å². The first-order chi connectivity index (χ1) is 42.6. The summed E-state index contributed by atoms with van der Waals surface area (Å²) in [4.78, 5) is 51.5. The van der Waals surface area contributed by atoms with E-state index >= 15 is 0 Å². The molecule has 0 aliphatic carbocycles. The van der Waals surface area contributed by atoms with Crippen LogP contribution in [0.3, 0.4) is 0 Å². The minimum absolute atomic E-state index is 0.0536. The van der Waals surface area contributed by atoms with Gasteiger partial charge in [0, 0.05) is 19.3 Å². The summed E-state index contributed by atoms with van der Waals surface area (Å²) in [5.74, 6) is -3.12. The Morgan fingerprint density at radius 3 is 1.08 bits per heavy atom. The average molecular weight is 1220 g/mol. The van der Waals surface area contributed by atoms with Gasteiger partial charge in [-0.2, -0.15) is 0 Å². The quantitative estimate of drug-likeness (QED) is 0.0228. The lowest BCUT2D eigenvalue weighted by atomic mass is 9.98. The second kappa shape index (κ2) is 62.4. The molecule has 1 saturated heterocycles. The van der Waals surface area contributed by atoms with Crippen LogP contribution in [-0.2, 0) is 42.9 Å². The van der Waals surface area contributed by atoms with Gasteiger partial charge in [0.15, 0.2) is 24.6 Å². The van der Waals surface area contributed by atoms with Crippen LogP contribution < -0.4 is 0 Å². The summed E-state index contributed by atoms with van der Waals surface area (Å²) < 4.78 is 28.6. The summed E-state index contributed by atoms with van der Waals surface area (Å²) in [7, 11) is 0. The fraction of sp³-hybridized carbons (Fsp3) is 0.787. The molecule has 1 fully saturated rings. The summed E-state index contributed by atoms with van der Waals surface area (Å²) in [6.45, 7) is 5.98. The first-order valence-electron chi connectivity index (χ1n) is 35.9. The van der Waals surface area contributed by atoms with Crippen molar-refractivity contribution in [3.8, 4) is 0 Å². The third-order valence-corrected chi connectivity index (χ3v) is 16.2. The maximum atomic E-state index is 13.3. The van der Waals surface area contributed by atoms with E-state index < -0.39 is 67.3 Å². The lowest BCUT2D eigenvalue weighted by Gasteiger charge is -2.40. The minimum Gasteiger partial charge on any atom is -0.479 e. The van der Waals surface area contributed by atoms with Crippen LogP contribution in [0.5, 0.6) is 0 Å². The van der Waals surface area contributed by atoms with Crippen LogP contribution in [-0.4, -0.2) is 89.2 Å². The third-order valence-electron chi connectivity index (χ3n) is 16.2. The number of aliphatic carboxylic acids is 1. The smallest absolute Gasteiger partial charge is 0.335 e. The SMILES string of the molecule is CCCCC/C=C\C/C=C\C/C=C\CCCCCCCCC(=O)OCC(COC1OC(C(=O)O)C(O)C(O)C1OC(=O)CCCCCCCCCCC/C=C\C/C=C\CCCCC)OC(=O)CCCCCCCCCCC/C=C\CCCCCCCC. The zero-order chi connectivity index (χ0) is 63.1. The second-order valence-electron chi connectivity index (χ2n) is 24.5. The third kappa shape index (κ3) is 51.6. The van der Waals surface area contributed by atoms with Crippen molar-refractivity contribution in [2.45, 2.75) is 366 Å². The average Bonchev–Trinajstić information content (AvgIpc) is 2.56. The molecule has 6 atom stereocenters. The van der Waals surface area contributed by atoms with Crippen molar-refractivity contribution in [3.05, 3.63) is 72.9 Å². The normalized spacial score (nSPS) is 17.7. The predicted octanol–water partition coefficient (Wildman–Crippen LogP) is 20.0. The standard InChI is InChI=1S/C75H130O12/c1-4-7-10-13-16-19-22-25-28-31-34-37-40-43-46-49-52-55-58-61-67(76)83-64-66(85-68(77)62-59-56-53-50-47-44-41-38-35-32-29-26-23-20-17-14-11-8-5-2)65-84-75-73(71(80)70(79)72(87-75)74(81)82)86-69(78)63-60-57-54-51-48-45-42-39-36-33-30-27-24-21-18-15-12-9-6-3/h16,18-19,21,25-30,34,37,66,70-73,75,79-80H,4-15,17,20,22-24,31-33,35-36,38-65H2,1-3H3,(H,81,82)/b19-16-,21-18-,28-25-,29-26-,30-27-,37-34-. The monoisotopic (exact) mass is 1220 g/mol. The predicted molar refractivity (Wildman–Crippen MR) is 358 cm³/mol. The molecule has 12 heteroatoms. The number of hydrogen-bond acceptors (Lipinski definition) is 11. The van der Waals surface area contributed by atoms with Gasteiger partial charge in [0.2, 0.25) is 0 Å². The molecule has 1 heterocycles. The summed E-state index contributed by atoms with van der Waals surface area (Å²) in [6, 6.07) is 0. The summed E-state index contributed by atoms with van der Waals surface area (Å²) in [5.41, 5.74) is 0. The zero-order valence-corrected chi connectivity index (χ0v) is 55.8. The number of carboxylic acid groups (broad SMARTS) is 1. The molecule has 0 aromatic carbocycles. The molecule has 0 aromatic rings. The van der Waals surface area contributed by atoms with Gasteiger partial charge in [-0.05, 0) is 116 Å². The van der Waals surface area contributed by atoms with Crippen LogP contribution in [0.25, 0.3) is 0 Å². The van der Waals surface area contributed by atoms with Gasteiger partial charge in [-0.25, -0.2) is 4.79 Å². The van der Waals surface area contributed by atoms with Gasteiger partial charge in [-0.3, -0.25) is 14.4 Å². The summed E-state index contributed by atoms with van der Waals surface area (Å²) >= 11 is 0. The van der Waals surface area contributed by atoms with E-state index in [1.807, 2.05) is 0 Å². The molecular weight excluding hydrogens is 1090 g/mol. The molecule has 6 unspecified atom stereocenters. The fourth-order valence-corrected chi connectivity index (χ4v) is 10.7. The number of unbranched alkanes of at least 4 members (excludes halogenated alkanes) is 36. The maximum absolute atomic E-state index is 13.3. The Balaban J connectivity index is 2.64.